The second-order valence-corrected chi connectivity index (χ2v) is 5.77. The molecule has 3 rings (SSSR count). The Morgan fingerprint density at radius 2 is 2.31 bits per heavy atom. The number of hydrogen-bond acceptors (Lipinski definition) is 1. The van der Waals surface area contributed by atoms with Crippen LogP contribution in [0.2, 0.25) is 0 Å². The van der Waals surface area contributed by atoms with Gasteiger partial charge in [-0.15, -0.1) is 0 Å². The smallest absolute Gasteiger partial charge is 0.0208 e. The van der Waals surface area contributed by atoms with Crippen LogP contribution in [0.3, 0.4) is 0 Å². The molecule has 16 heavy (non-hydrogen) atoms. The van der Waals surface area contributed by atoms with E-state index < -0.39 is 0 Å². The molecule has 1 N–H and O–H groups in total. The van der Waals surface area contributed by atoms with E-state index in [2.05, 4.69) is 57.7 Å². The summed E-state index contributed by atoms with van der Waals surface area (Å²) in [6, 6.07) is 9.25. The quantitative estimate of drug-likeness (QED) is 0.834. The van der Waals surface area contributed by atoms with Crippen LogP contribution >= 0.6 is 15.9 Å². The highest BCUT2D eigenvalue weighted by molar-refractivity contribution is 9.10. The summed E-state index contributed by atoms with van der Waals surface area (Å²) in [7, 11) is 0. The molecule has 84 valence electrons. The van der Waals surface area contributed by atoms with Crippen LogP contribution in [-0.2, 0) is 6.54 Å². The lowest BCUT2D eigenvalue weighted by Gasteiger charge is -2.40. The van der Waals surface area contributed by atoms with Gasteiger partial charge in [-0.1, -0.05) is 40.2 Å². The van der Waals surface area contributed by atoms with Gasteiger partial charge in [0.1, 0.15) is 0 Å². The van der Waals surface area contributed by atoms with Crippen LogP contribution in [0.4, 0.5) is 0 Å². The van der Waals surface area contributed by atoms with Crippen molar-refractivity contribution in [1.82, 2.24) is 5.32 Å². The van der Waals surface area contributed by atoms with Crippen molar-refractivity contribution < 1.29 is 0 Å². The van der Waals surface area contributed by atoms with Crippen LogP contribution in [0, 0.1) is 11.8 Å². The van der Waals surface area contributed by atoms with Gasteiger partial charge >= 0.3 is 0 Å². The molecule has 0 amide bonds. The molecule has 1 saturated carbocycles. The first kappa shape index (κ1) is 10.5. The van der Waals surface area contributed by atoms with Gasteiger partial charge in [-0.2, -0.15) is 0 Å². The lowest BCUT2D eigenvalue weighted by molar-refractivity contribution is 0.162. The van der Waals surface area contributed by atoms with Crippen molar-refractivity contribution in [3.8, 4) is 0 Å². The molecule has 0 aliphatic heterocycles. The van der Waals surface area contributed by atoms with Crippen molar-refractivity contribution in [2.45, 2.75) is 25.4 Å². The molecule has 1 fully saturated rings. The summed E-state index contributed by atoms with van der Waals surface area (Å²) in [5.74, 6) is 1.76. The van der Waals surface area contributed by atoms with Crippen molar-refractivity contribution in [2.24, 2.45) is 11.8 Å². The Morgan fingerprint density at radius 3 is 3.12 bits per heavy atom. The molecular formula is C14H16BrN. The molecular weight excluding hydrogens is 262 g/mol. The zero-order valence-corrected chi connectivity index (χ0v) is 10.8. The number of halogens is 1. The zero-order valence-electron chi connectivity index (χ0n) is 9.20. The highest BCUT2D eigenvalue weighted by atomic mass is 79.9. The molecule has 0 saturated heterocycles. The minimum atomic E-state index is 0.711. The monoisotopic (exact) mass is 277 g/mol. The van der Waals surface area contributed by atoms with E-state index in [4.69, 9.17) is 0 Å². The van der Waals surface area contributed by atoms with Crippen LogP contribution in [-0.4, -0.2) is 6.04 Å². The fraction of sp³-hybridized carbons (Fsp3) is 0.429. The maximum atomic E-state index is 3.66. The molecule has 2 heteroatoms. The Labute approximate surface area is 105 Å². The SMILES string of the molecule is Brc1cccc(CNC2CC3CC=CC32)c1. The van der Waals surface area contributed by atoms with E-state index in [9.17, 15) is 0 Å². The van der Waals surface area contributed by atoms with E-state index in [1.54, 1.807) is 0 Å². The normalized spacial score (nSPS) is 31.2. The average molecular weight is 278 g/mol. The molecule has 3 atom stereocenters. The highest BCUT2D eigenvalue weighted by Gasteiger charge is 2.40. The molecule has 0 aromatic heterocycles. The highest BCUT2D eigenvalue weighted by Crippen LogP contribution is 2.42. The number of fused-ring (bicyclic) bond motifs is 1. The number of allylic oxidation sites excluding steroid dienone is 1. The van der Waals surface area contributed by atoms with E-state index in [1.165, 1.54) is 22.9 Å². The zero-order chi connectivity index (χ0) is 11.0. The Kier molecular flexibility index (Phi) is 2.86. The molecule has 2 aliphatic rings. The molecule has 1 aromatic rings. The van der Waals surface area contributed by atoms with Crippen LogP contribution in [0.1, 0.15) is 18.4 Å². The molecule has 2 aliphatic carbocycles. The number of nitrogens with one attached hydrogen (secondary N) is 1. The maximum Gasteiger partial charge on any atom is 0.0208 e. The second kappa shape index (κ2) is 4.34. The van der Waals surface area contributed by atoms with Gasteiger partial charge in [-0.3, -0.25) is 0 Å². The molecule has 0 radical (unpaired) electrons. The summed E-state index contributed by atoms with van der Waals surface area (Å²) in [4.78, 5) is 0. The third-order valence-corrected chi connectivity index (χ3v) is 4.31. The number of rotatable bonds is 3. The average Bonchev–Trinajstić information content (AvgIpc) is 2.61. The summed E-state index contributed by atoms with van der Waals surface area (Å²) in [6.45, 7) is 0.987. The van der Waals surface area contributed by atoms with Crippen LogP contribution in [0.5, 0.6) is 0 Å². The third-order valence-electron chi connectivity index (χ3n) is 3.82. The first-order valence-corrected chi connectivity index (χ1v) is 6.77. The maximum absolute atomic E-state index is 3.66. The van der Waals surface area contributed by atoms with Crippen LogP contribution in [0.25, 0.3) is 0 Å². The fourth-order valence-electron chi connectivity index (χ4n) is 2.84. The van der Waals surface area contributed by atoms with E-state index >= 15 is 0 Å². The van der Waals surface area contributed by atoms with Crippen molar-refractivity contribution >= 4 is 15.9 Å². The van der Waals surface area contributed by atoms with Gasteiger partial charge in [0.2, 0.25) is 0 Å². The summed E-state index contributed by atoms with van der Waals surface area (Å²) < 4.78 is 1.17. The van der Waals surface area contributed by atoms with Gasteiger partial charge in [-0.25, -0.2) is 0 Å². The first-order chi connectivity index (χ1) is 7.83. The van der Waals surface area contributed by atoms with Crippen LogP contribution in [0.15, 0.2) is 40.9 Å². The minimum absolute atomic E-state index is 0.711. The van der Waals surface area contributed by atoms with Crippen molar-refractivity contribution in [2.75, 3.05) is 0 Å². The lowest BCUT2D eigenvalue weighted by Crippen LogP contribution is -2.47. The molecule has 0 bridgehead atoms. The van der Waals surface area contributed by atoms with E-state index in [-0.39, 0.29) is 0 Å². The minimum Gasteiger partial charge on any atom is -0.309 e. The largest absolute Gasteiger partial charge is 0.309 e. The number of benzene rings is 1. The van der Waals surface area contributed by atoms with Gasteiger partial charge in [-0.05, 0) is 42.4 Å². The second-order valence-electron chi connectivity index (χ2n) is 4.85. The first-order valence-electron chi connectivity index (χ1n) is 5.97. The summed E-state index contributed by atoms with van der Waals surface area (Å²) >= 11 is 3.51. The van der Waals surface area contributed by atoms with E-state index in [0.717, 1.165) is 18.4 Å². The Hall–Kier alpha value is -0.600. The van der Waals surface area contributed by atoms with Crippen LogP contribution < -0.4 is 5.32 Å². The lowest BCUT2D eigenvalue weighted by atomic mass is 9.71. The molecule has 1 nitrogen and oxygen atoms in total. The van der Waals surface area contributed by atoms with Crippen molar-refractivity contribution in [1.29, 1.82) is 0 Å². The standard InChI is InChI=1S/C14H16BrN/c15-12-5-1-3-10(7-12)9-16-14-8-11-4-2-6-13(11)14/h1-3,5-7,11,13-14,16H,4,8-9H2. The summed E-state index contributed by atoms with van der Waals surface area (Å²) in [6.07, 6.45) is 7.40. The van der Waals surface area contributed by atoms with Gasteiger partial charge in [0.15, 0.2) is 0 Å². The predicted molar refractivity (Wildman–Crippen MR) is 70.1 cm³/mol. The van der Waals surface area contributed by atoms with Crippen molar-refractivity contribution in [3.63, 3.8) is 0 Å². The van der Waals surface area contributed by atoms with Gasteiger partial charge in [0.25, 0.3) is 0 Å². The Bertz CT molecular complexity index is 413. The molecule has 1 aromatic carbocycles. The summed E-state index contributed by atoms with van der Waals surface area (Å²) in [5, 5.41) is 3.66. The predicted octanol–water partition coefficient (Wildman–Crippen LogP) is 3.50. The fourth-order valence-corrected chi connectivity index (χ4v) is 3.29. The van der Waals surface area contributed by atoms with Gasteiger partial charge < -0.3 is 5.32 Å². The summed E-state index contributed by atoms with van der Waals surface area (Å²) in [5.41, 5.74) is 1.36. The van der Waals surface area contributed by atoms with E-state index in [1.807, 2.05) is 0 Å². The van der Waals surface area contributed by atoms with Gasteiger partial charge in [0, 0.05) is 17.1 Å². The molecule has 0 spiro atoms. The molecule has 0 heterocycles. The van der Waals surface area contributed by atoms with Gasteiger partial charge in [0.05, 0.1) is 0 Å². The Morgan fingerprint density at radius 1 is 1.38 bits per heavy atom. The Balaban J connectivity index is 1.55. The van der Waals surface area contributed by atoms with Crippen molar-refractivity contribution in [3.05, 3.63) is 46.5 Å². The number of hydrogen-bond donors (Lipinski definition) is 1. The third kappa shape index (κ3) is 1.96. The topological polar surface area (TPSA) is 12.0 Å². The van der Waals surface area contributed by atoms with E-state index in [0.29, 0.717) is 6.04 Å². The molecule has 3 unspecified atom stereocenters.